The maximum atomic E-state index is 12.0. The summed E-state index contributed by atoms with van der Waals surface area (Å²) in [6, 6.07) is 5.34. The molecule has 1 N–H and O–H groups in total. The minimum Gasteiger partial charge on any atom is -0.493 e. The van der Waals surface area contributed by atoms with Crippen molar-refractivity contribution in [2.45, 2.75) is 6.92 Å². The van der Waals surface area contributed by atoms with Crippen molar-refractivity contribution >= 4 is 29.3 Å². The van der Waals surface area contributed by atoms with E-state index in [0.29, 0.717) is 17.2 Å². The van der Waals surface area contributed by atoms with Gasteiger partial charge in [-0.25, -0.2) is 4.98 Å². The largest absolute Gasteiger partial charge is 0.493 e. The molecule has 9 heteroatoms. The van der Waals surface area contributed by atoms with Gasteiger partial charge in [-0.3, -0.25) is 10.1 Å². The Morgan fingerprint density at radius 2 is 2.04 bits per heavy atom. The minimum atomic E-state index is -0.399. The van der Waals surface area contributed by atoms with Gasteiger partial charge in [0.2, 0.25) is 0 Å². The molecular weight excluding hydrogens is 356 g/mol. The number of ether oxygens (including phenoxy) is 2. The van der Waals surface area contributed by atoms with Gasteiger partial charge in [-0.15, -0.1) is 16.4 Å². The summed E-state index contributed by atoms with van der Waals surface area (Å²) in [5.74, 6) is 1.05. The molecule has 0 atom stereocenters. The van der Waals surface area contributed by atoms with Gasteiger partial charge in [-0.2, -0.15) is 0 Å². The van der Waals surface area contributed by atoms with Crippen LogP contribution in [0.3, 0.4) is 0 Å². The van der Waals surface area contributed by atoms with Gasteiger partial charge in [0.15, 0.2) is 11.5 Å². The summed E-state index contributed by atoms with van der Waals surface area (Å²) in [6.07, 6.45) is 3.00. The molecule has 0 spiro atoms. The zero-order valence-corrected chi connectivity index (χ0v) is 15.2. The average molecular weight is 372 g/mol. The number of hydrogen-bond donors (Lipinski definition) is 1. The van der Waals surface area contributed by atoms with E-state index in [9.17, 15) is 4.79 Å². The number of aromatic nitrogens is 3. The molecular formula is C17H16N4O4S. The molecule has 0 aliphatic carbocycles. The Labute approximate surface area is 153 Å². The molecule has 8 nitrogen and oxygen atoms in total. The van der Waals surface area contributed by atoms with Crippen LogP contribution in [0.4, 0.5) is 6.01 Å². The Kier molecular flexibility index (Phi) is 5.28. The van der Waals surface area contributed by atoms with Crippen LogP contribution in [-0.4, -0.2) is 35.3 Å². The number of aryl methyl sites for hydroxylation is 1. The molecule has 1 aromatic carbocycles. The zero-order valence-electron chi connectivity index (χ0n) is 14.3. The van der Waals surface area contributed by atoms with Crippen LogP contribution in [0.25, 0.3) is 17.7 Å². The number of methoxy groups -OCH3 is 2. The van der Waals surface area contributed by atoms with Crippen LogP contribution in [0.1, 0.15) is 10.6 Å². The van der Waals surface area contributed by atoms with Gasteiger partial charge in [-0.05, 0) is 30.7 Å². The van der Waals surface area contributed by atoms with Crippen molar-refractivity contribution in [3.8, 4) is 23.1 Å². The lowest BCUT2D eigenvalue weighted by molar-refractivity contribution is -0.112. The molecule has 0 aliphatic heterocycles. The first kappa shape index (κ1) is 17.6. The molecule has 0 saturated carbocycles. The second-order valence-electron chi connectivity index (χ2n) is 5.10. The lowest BCUT2D eigenvalue weighted by atomic mass is 10.2. The highest BCUT2D eigenvalue weighted by Gasteiger charge is 2.12. The molecule has 0 aliphatic rings. The maximum absolute atomic E-state index is 12.0. The van der Waals surface area contributed by atoms with Crippen LogP contribution in [0, 0.1) is 6.92 Å². The van der Waals surface area contributed by atoms with E-state index < -0.39 is 5.91 Å². The average Bonchev–Trinajstić information content (AvgIpc) is 3.28. The Morgan fingerprint density at radius 3 is 2.73 bits per heavy atom. The standard InChI is InChI=1S/C17H16N4O4S/c1-10-18-12(9-26-10)16-20-21-17(25-16)19-15(22)7-5-11-4-6-13(23-2)14(8-11)24-3/h4-9H,1-3H3,(H,19,21,22). The van der Waals surface area contributed by atoms with Crippen molar-refractivity contribution in [1.29, 1.82) is 0 Å². The van der Waals surface area contributed by atoms with Gasteiger partial charge in [0.1, 0.15) is 5.69 Å². The second kappa shape index (κ2) is 7.79. The molecule has 1 amide bonds. The number of nitrogens with one attached hydrogen (secondary N) is 1. The van der Waals surface area contributed by atoms with Gasteiger partial charge in [0.05, 0.1) is 19.2 Å². The van der Waals surface area contributed by atoms with Crippen LogP contribution in [0.5, 0.6) is 11.5 Å². The molecule has 2 aromatic heterocycles. The summed E-state index contributed by atoms with van der Waals surface area (Å²) in [7, 11) is 3.11. The third-order valence-corrected chi connectivity index (χ3v) is 4.10. The number of hydrogen-bond acceptors (Lipinski definition) is 8. The fourth-order valence-electron chi connectivity index (χ4n) is 2.11. The number of rotatable bonds is 6. The minimum absolute atomic E-state index is 0.00705. The third-order valence-electron chi connectivity index (χ3n) is 3.33. The monoisotopic (exact) mass is 372 g/mol. The maximum Gasteiger partial charge on any atom is 0.322 e. The van der Waals surface area contributed by atoms with Crippen molar-refractivity contribution in [3.63, 3.8) is 0 Å². The quantitative estimate of drug-likeness (QED) is 0.663. The summed E-state index contributed by atoms with van der Waals surface area (Å²) in [4.78, 5) is 16.3. The summed E-state index contributed by atoms with van der Waals surface area (Å²) in [5.41, 5.74) is 1.36. The molecule has 0 bridgehead atoms. The molecule has 134 valence electrons. The Hall–Kier alpha value is -3.20. The summed E-state index contributed by atoms with van der Waals surface area (Å²) in [6.45, 7) is 1.88. The van der Waals surface area contributed by atoms with Crippen LogP contribution in [0.2, 0.25) is 0 Å². The lowest BCUT2D eigenvalue weighted by Gasteiger charge is -2.07. The molecule has 0 fully saturated rings. The van der Waals surface area contributed by atoms with Gasteiger partial charge >= 0.3 is 6.01 Å². The Morgan fingerprint density at radius 1 is 1.23 bits per heavy atom. The van der Waals surface area contributed by atoms with Crippen LogP contribution in [0.15, 0.2) is 34.1 Å². The van der Waals surface area contributed by atoms with Gasteiger partial charge < -0.3 is 13.9 Å². The van der Waals surface area contributed by atoms with Crippen LogP contribution >= 0.6 is 11.3 Å². The zero-order chi connectivity index (χ0) is 18.5. The number of nitrogens with zero attached hydrogens (tertiary/aromatic N) is 3. The first-order valence-corrected chi connectivity index (χ1v) is 8.44. The van der Waals surface area contributed by atoms with Crippen molar-refractivity contribution in [3.05, 3.63) is 40.2 Å². The number of carbonyl (C=O) groups is 1. The Balaban J connectivity index is 1.65. The highest BCUT2D eigenvalue weighted by atomic mass is 32.1. The van der Waals surface area contributed by atoms with E-state index in [1.165, 1.54) is 17.4 Å². The normalized spacial score (nSPS) is 10.9. The first-order valence-electron chi connectivity index (χ1n) is 7.56. The number of carbonyl (C=O) groups excluding carboxylic acids is 1. The molecule has 0 saturated heterocycles. The van der Waals surface area contributed by atoms with Crippen LogP contribution < -0.4 is 14.8 Å². The number of thiazole rings is 1. The van der Waals surface area contributed by atoms with Gasteiger partial charge in [0.25, 0.3) is 11.8 Å². The van der Waals surface area contributed by atoms with Crippen LogP contribution in [-0.2, 0) is 4.79 Å². The highest BCUT2D eigenvalue weighted by Crippen LogP contribution is 2.28. The van der Waals surface area contributed by atoms with Crippen molar-refractivity contribution in [1.82, 2.24) is 15.2 Å². The topological polar surface area (TPSA) is 99.4 Å². The lowest BCUT2D eigenvalue weighted by Crippen LogP contribution is -2.07. The smallest absolute Gasteiger partial charge is 0.322 e. The molecule has 0 unspecified atom stereocenters. The van der Waals surface area contributed by atoms with E-state index in [1.54, 1.807) is 38.5 Å². The summed E-state index contributed by atoms with van der Waals surface area (Å²) >= 11 is 1.48. The SMILES string of the molecule is COc1ccc(C=CC(=O)Nc2nnc(-c3csc(C)n3)o2)cc1OC. The van der Waals surface area contributed by atoms with E-state index >= 15 is 0 Å². The van der Waals surface area contributed by atoms with E-state index in [4.69, 9.17) is 13.9 Å². The number of benzene rings is 1. The van der Waals surface area contributed by atoms with E-state index in [0.717, 1.165) is 10.6 Å². The fraction of sp³-hybridized carbons (Fsp3) is 0.176. The predicted octanol–water partition coefficient (Wildman–Crippen LogP) is 3.17. The van der Waals surface area contributed by atoms with Crippen molar-refractivity contribution in [2.75, 3.05) is 19.5 Å². The van der Waals surface area contributed by atoms with Crippen molar-refractivity contribution in [2.24, 2.45) is 0 Å². The third kappa shape index (κ3) is 4.06. The van der Waals surface area contributed by atoms with Gasteiger partial charge in [-0.1, -0.05) is 11.2 Å². The van der Waals surface area contributed by atoms with E-state index in [2.05, 4.69) is 20.5 Å². The predicted molar refractivity (Wildman–Crippen MR) is 97.4 cm³/mol. The fourth-order valence-corrected chi connectivity index (χ4v) is 2.70. The van der Waals surface area contributed by atoms with Crippen molar-refractivity contribution < 1.29 is 18.7 Å². The Bertz CT molecular complexity index is 948. The van der Waals surface area contributed by atoms with E-state index in [-0.39, 0.29) is 11.9 Å². The molecule has 3 aromatic rings. The summed E-state index contributed by atoms with van der Waals surface area (Å²) < 4.78 is 15.8. The molecule has 0 radical (unpaired) electrons. The number of amides is 1. The molecule has 26 heavy (non-hydrogen) atoms. The molecule has 2 heterocycles. The summed E-state index contributed by atoms with van der Waals surface area (Å²) in [5, 5.41) is 12.9. The van der Waals surface area contributed by atoms with Gasteiger partial charge in [0, 0.05) is 11.5 Å². The second-order valence-corrected chi connectivity index (χ2v) is 6.16. The molecule has 3 rings (SSSR count). The number of anilines is 1. The highest BCUT2D eigenvalue weighted by molar-refractivity contribution is 7.09. The first-order chi connectivity index (χ1) is 12.6. The van der Waals surface area contributed by atoms with E-state index in [1.807, 2.05) is 12.3 Å².